The predicted molar refractivity (Wildman–Crippen MR) is 80.3 cm³/mol. The molecule has 1 heterocycles. The van der Waals surface area contributed by atoms with Gasteiger partial charge in [-0.15, -0.1) is 11.8 Å². The van der Waals surface area contributed by atoms with Crippen LogP contribution in [-0.4, -0.2) is 55.3 Å². The van der Waals surface area contributed by atoms with E-state index in [4.69, 9.17) is 5.73 Å². The lowest BCUT2D eigenvalue weighted by Gasteiger charge is -2.32. The lowest BCUT2D eigenvalue weighted by atomic mass is 10.2. The number of nitrogens with two attached hydrogens (primary N) is 1. The minimum atomic E-state index is 0.902. The number of nitrogens with zero attached hydrogens (tertiary/aromatic N) is 2. The van der Waals surface area contributed by atoms with Gasteiger partial charge in [-0.1, -0.05) is 6.07 Å². The second kappa shape index (κ2) is 6.45. The fraction of sp³-hybridized carbons (Fsp3) is 0.571. The van der Waals surface area contributed by atoms with E-state index < -0.39 is 0 Å². The Morgan fingerprint density at radius 2 is 1.94 bits per heavy atom. The highest BCUT2D eigenvalue weighted by Crippen LogP contribution is 2.26. The molecule has 0 aliphatic carbocycles. The van der Waals surface area contributed by atoms with Gasteiger partial charge in [-0.25, -0.2) is 0 Å². The van der Waals surface area contributed by atoms with Crippen molar-refractivity contribution in [3.63, 3.8) is 0 Å². The maximum Gasteiger partial charge on any atom is 0.0354 e. The Kier molecular flexibility index (Phi) is 4.92. The van der Waals surface area contributed by atoms with Gasteiger partial charge in [0.15, 0.2) is 0 Å². The molecule has 0 unspecified atom stereocenters. The van der Waals surface area contributed by atoms with E-state index in [-0.39, 0.29) is 0 Å². The molecular weight excluding hydrogens is 242 g/mol. The Bertz CT molecular complexity index is 387. The molecule has 0 saturated carbocycles. The predicted octanol–water partition coefficient (Wildman–Crippen LogP) is 1.92. The molecule has 0 spiro atoms. The highest BCUT2D eigenvalue weighted by molar-refractivity contribution is 7.99. The first-order valence-corrected chi connectivity index (χ1v) is 7.54. The van der Waals surface area contributed by atoms with E-state index in [0.717, 1.165) is 11.4 Å². The summed E-state index contributed by atoms with van der Waals surface area (Å²) in [6.07, 6.45) is 0. The second-order valence-electron chi connectivity index (χ2n) is 4.96. The van der Waals surface area contributed by atoms with Crippen LogP contribution in [0, 0.1) is 6.92 Å². The third-order valence-corrected chi connectivity index (χ3v) is 4.73. The third-order valence-electron chi connectivity index (χ3n) is 3.59. The fourth-order valence-electron chi connectivity index (χ4n) is 2.14. The maximum atomic E-state index is 5.92. The molecule has 1 fully saturated rings. The minimum Gasteiger partial charge on any atom is -0.398 e. The number of anilines is 1. The molecule has 18 heavy (non-hydrogen) atoms. The van der Waals surface area contributed by atoms with Gasteiger partial charge < -0.3 is 10.6 Å². The molecule has 1 aliphatic rings. The topological polar surface area (TPSA) is 32.5 Å². The fourth-order valence-corrected chi connectivity index (χ4v) is 3.22. The van der Waals surface area contributed by atoms with Crippen LogP contribution in [0.2, 0.25) is 0 Å². The number of likely N-dealkylation sites (N-methyl/N-ethyl adjacent to an activating group) is 1. The average Bonchev–Trinajstić information content (AvgIpc) is 2.37. The highest BCUT2D eigenvalue weighted by Gasteiger charge is 2.13. The second-order valence-corrected chi connectivity index (χ2v) is 6.10. The van der Waals surface area contributed by atoms with Crippen molar-refractivity contribution in [2.75, 3.05) is 51.3 Å². The van der Waals surface area contributed by atoms with Gasteiger partial charge in [-0.3, -0.25) is 4.90 Å². The molecule has 100 valence electrons. The molecular formula is C14H23N3S. The number of thioether (sulfide) groups is 1. The van der Waals surface area contributed by atoms with Gasteiger partial charge in [0, 0.05) is 49.1 Å². The smallest absolute Gasteiger partial charge is 0.0354 e. The summed E-state index contributed by atoms with van der Waals surface area (Å²) >= 11 is 1.92. The number of benzene rings is 1. The van der Waals surface area contributed by atoms with Crippen LogP contribution >= 0.6 is 11.8 Å². The van der Waals surface area contributed by atoms with Crippen LogP contribution in [0.4, 0.5) is 5.69 Å². The molecule has 0 amide bonds. The lowest BCUT2D eigenvalue weighted by molar-refractivity contribution is 0.161. The van der Waals surface area contributed by atoms with Crippen molar-refractivity contribution in [3.05, 3.63) is 23.8 Å². The zero-order valence-corrected chi connectivity index (χ0v) is 12.2. The Hall–Kier alpha value is -0.710. The summed E-state index contributed by atoms with van der Waals surface area (Å²) < 4.78 is 0. The standard InChI is InChI=1S/C14H23N3S/c1-12-13(15)4-3-5-14(12)18-11-10-17-8-6-16(2)7-9-17/h3-5H,6-11,15H2,1-2H3. The van der Waals surface area contributed by atoms with Crippen LogP contribution in [0.25, 0.3) is 0 Å². The van der Waals surface area contributed by atoms with Crippen molar-refractivity contribution in [1.82, 2.24) is 9.80 Å². The zero-order valence-electron chi connectivity index (χ0n) is 11.4. The van der Waals surface area contributed by atoms with Crippen molar-refractivity contribution < 1.29 is 0 Å². The van der Waals surface area contributed by atoms with Crippen LogP contribution < -0.4 is 5.73 Å². The first kappa shape index (κ1) is 13.7. The Morgan fingerprint density at radius 3 is 2.67 bits per heavy atom. The van der Waals surface area contributed by atoms with Crippen LogP contribution in [-0.2, 0) is 0 Å². The minimum absolute atomic E-state index is 0.902. The molecule has 1 saturated heterocycles. The molecule has 3 nitrogen and oxygen atoms in total. The van der Waals surface area contributed by atoms with E-state index in [2.05, 4.69) is 29.8 Å². The number of piperazine rings is 1. The summed E-state index contributed by atoms with van der Waals surface area (Å²) in [5, 5.41) is 0. The van der Waals surface area contributed by atoms with Crippen LogP contribution in [0.3, 0.4) is 0 Å². The summed E-state index contributed by atoms with van der Waals surface area (Å²) in [6.45, 7) is 8.07. The van der Waals surface area contributed by atoms with Gasteiger partial charge in [-0.05, 0) is 31.7 Å². The van der Waals surface area contributed by atoms with Gasteiger partial charge in [0.1, 0.15) is 0 Å². The molecule has 1 aromatic carbocycles. The number of hydrogen-bond acceptors (Lipinski definition) is 4. The molecule has 2 N–H and O–H groups in total. The molecule has 0 atom stereocenters. The summed E-state index contributed by atoms with van der Waals surface area (Å²) in [5.74, 6) is 1.15. The molecule has 0 aromatic heterocycles. The average molecular weight is 265 g/mol. The van der Waals surface area contributed by atoms with Crippen LogP contribution in [0.15, 0.2) is 23.1 Å². The van der Waals surface area contributed by atoms with Gasteiger partial charge in [0.2, 0.25) is 0 Å². The highest BCUT2D eigenvalue weighted by atomic mass is 32.2. The quantitative estimate of drug-likeness (QED) is 0.666. The van der Waals surface area contributed by atoms with E-state index in [1.807, 2.05) is 23.9 Å². The van der Waals surface area contributed by atoms with Gasteiger partial charge >= 0.3 is 0 Å². The van der Waals surface area contributed by atoms with Crippen molar-refractivity contribution in [3.8, 4) is 0 Å². The van der Waals surface area contributed by atoms with Gasteiger partial charge in [0.25, 0.3) is 0 Å². The Balaban J connectivity index is 1.77. The molecule has 2 rings (SSSR count). The van der Waals surface area contributed by atoms with E-state index in [0.29, 0.717) is 0 Å². The van der Waals surface area contributed by atoms with Crippen molar-refractivity contribution in [1.29, 1.82) is 0 Å². The van der Waals surface area contributed by atoms with Gasteiger partial charge in [-0.2, -0.15) is 0 Å². The Morgan fingerprint density at radius 1 is 1.22 bits per heavy atom. The number of nitrogen functional groups attached to an aromatic ring is 1. The molecule has 4 heteroatoms. The lowest BCUT2D eigenvalue weighted by Crippen LogP contribution is -2.45. The monoisotopic (exact) mass is 265 g/mol. The number of hydrogen-bond donors (Lipinski definition) is 1. The van der Waals surface area contributed by atoms with E-state index >= 15 is 0 Å². The molecule has 0 bridgehead atoms. The van der Waals surface area contributed by atoms with E-state index in [1.165, 1.54) is 43.2 Å². The first-order chi connectivity index (χ1) is 8.66. The molecule has 1 aromatic rings. The van der Waals surface area contributed by atoms with Crippen LogP contribution in [0.1, 0.15) is 5.56 Å². The van der Waals surface area contributed by atoms with E-state index in [1.54, 1.807) is 0 Å². The molecule has 1 aliphatic heterocycles. The summed E-state index contributed by atoms with van der Waals surface area (Å²) in [4.78, 5) is 6.27. The first-order valence-electron chi connectivity index (χ1n) is 6.55. The van der Waals surface area contributed by atoms with Crippen LogP contribution in [0.5, 0.6) is 0 Å². The molecule has 0 radical (unpaired) electrons. The summed E-state index contributed by atoms with van der Waals surface area (Å²) in [5.41, 5.74) is 8.05. The summed E-state index contributed by atoms with van der Waals surface area (Å²) in [7, 11) is 2.20. The largest absolute Gasteiger partial charge is 0.398 e. The van der Waals surface area contributed by atoms with Crippen molar-refractivity contribution >= 4 is 17.4 Å². The van der Waals surface area contributed by atoms with E-state index in [9.17, 15) is 0 Å². The Labute approximate surface area is 114 Å². The third kappa shape index (κ3) is 3.64. The number of rotatable bonds is 4. The van der Waals surface area contributed by atoms with Crippen molar-refractivity contribution in [2.45, 2.75) is 11.8 Å². The maximum absolute atomic E-state index is 5.92. The SMILES string of the molecule is Cc1c(N)cccc1SCCN1CCN(C)CC1. The normalized spacial score (nSPS) is 18.1. The zero-order chi connectivity index (χ0) is 13.0. The summed E-state index contributed by atoms with van der Waals surface area (Å²) in [6, 6.07) is 6.18. The van der Waals surface area contributed by atoms with Gasteiger partial charge in [0.05, 0.1) is 0 Å². The van der Waals surface area contributed by atoms with Crippen molar-refractivity contribution in [2.24, 2.45) is 0 Å².